The standard InChI is InChI=1S/C12H23N3O8/c1-11(2)5-9(6-12(3,4)13(11)16)21-7-10(23-15(19)20)8-22-14(17)18/h9-10,16H,5-8H2,1-4H3. The lowest BCUT2D eigenvalue weighted by atomic mass is 9.80. The van der Waals surface area contributed by atoms with E-state index in [9.17, 15) is 25.4 Å². The molecule has 1 saturated heterocycles. The normalized spacial score (nSPS) is 22.3. The van der Waals surface area contributed by atoms with Crippen molar-refractivity contribution >= 4 is 0 Å². The SMILES string of the molecule is CC1(C)CC(OCC(CO[N+](=O)[O-])O[N+](=O)[O-])CC(C)(C)N1O. The molecule has 1 N–H and O–H groups in total. The molecule has 1 unspecified atom stereocenters. The third-order valence-corrected chi connectivity index (χ3v) is 3.72. The maximum Gasteiger partial charge on any atom is 0.294 e. The van der Waals surface area contributed by atoms with Crippen LogP contribution in [0.4, 0.5) is 0 Å². The van der Waals surface area contributed by atoms with E-state index in [2.05, 4.69) is 9.68 Å². The van der Waals surface area contributed by atoms with Gasteiger partial charge in [0.1, 0.15) is 6.61 Å². The van der Waals surface area contributed by atoms with Gasteiger partial charge in [-0.3, -0.25) is 0 Å². The molecule has 0 spiro atoms. The number of hydrogen-bond donors (Lipinski definition) is 1. The van der Waals surface area contributed by atoms with Crippen LogP contribution in [0.1, 0.15) is 40.5 Å². The lowest BCUT2D eigenvalue weighted by Gasteiger charge is -2.51. The molecule has 0 saturated carbocycles. The highest BCUT2D eigenvalue weighted by Crippen LogP contribution is 2.37. The van der Waals surface area contributed by atoms with E-state index < -0.39 is 34.0 Å². The fraction of sp³-hybridized carbons (Fsp3) is 1.00. The van der Waals surface area contributed by atoms with Gasteiger partial charge >= 0.3 is 0 Å². The van der Waals surface area contributed by atoms with Gasteiger partial charge in [-0.15, -0.1) is 20.2 Å². The Hall–Kier alpha value is -1.72. The third kappa shape index (κ3) is 5.77. The molecule has 1 atom stereocenters. The van der Waals surface area contributed by atoms with Crippen LogP contribution in [-0.2, 0) is 14.4 Å². The summed E-state index contributed by atoms with van der Waals surface area (Å²) in [7, 11) is 0. The second-order valence-electron chi connectivity index (χ2n) is 6.77. The molecule has 1 rings (SSSR count). The number of nitrogens with zero attached hydrogens (tertiary/aromatic N) is 3. The molecule has 0 aromatic heterocycles. The number of hydroxylamine groups is 2. The zero-order valence-corrected chi connectivity index (χ0v) is 13.6. The Morgan fingerprint density at radius 3 is 2.09 bits per heavy atom. The van der Waals surface area contributed by atoms with Gasteiger partial charge in [-0.1, -0.05) is 0 Å². The number of rotatable bonds is 8. The van der Waals surface area contributed by atoms with Crippen LogP contribution in [0.25, 0.3) is 0 Å². The molecular formula is C12H23N3O8. The van der Waals surface area contributed by atoms with Crippen LogP contribution in [0.5, 0.6) is 0 Å². The maximum absolute atomic E-state index is 10.4. The molecule has 0 aromatic carbocycles. The van der Waals surface area contributed by atoms with Crippen molar-refractivity contribution in [2.45, 2.75) is 63.8 Å². The smallest absolute Gasteiger partial charge is 0.294 e. The molecule has 1 heterocycles. The van der Waals surface area contributed by atoms with Crippen molar-refractivity contribution in [3.63, 3.8) is 0 Å². The van der Waals surface area contributed by atoms with Gasteiger partial charge in [0.25, 0.3) is 10.2 Å². The van der Waals surface area contributed by atoms with Gasteiger partial charge in [-0.2, -0.15) is 5.06 Å². The van der Waals surface area contributed by atoms with Crippen molar-refractivity contribution in [3.05, 3.63) is 20.2 Å². The molecule has 0 amide bonds. The molecule has 0 radical (unpaired) electrons. The summed E-state index contributed by atoms with van der Waals surface area (Å²) in [6, 6.07) is 0. The fourth-order valence-corrected chi connectivity index (χ4v) is 2.91. The second kappa shape index (κ2) is 7.23. The Balaban J connectivity index is 2.62. The minimum atomic E-state index is -1.20. The maximum atomic E-state index is 10.4. The quantitative estimate of drug-likeness (QED) is 0.511. The van der Waals surface area contributed by atoms with E-state index in [0.717, 1.165) is 0 Å². The van der Waals surface area contributed by atoms with Crippen LogP contribution >= 0.6 is 0 Å². The number of ether oxygens (including phenoxy) is 1. The van der Waals surface area contributed by atoms with Gasteiger partial charge in [0.05, 0.1) is 12.7 Å². The molecule has 134 valence electrons. The molecule has 23 heavy (non-hydrogen) atoms. The highest BCUT2D eigenvalue weighted by Gasteiger charge is 2.45. The second-order valence-corrected chi connectivity index (χ2v) is 6.77. The predicted molar refractivity (Wildman–Crippen MR) is 75.6 cm³/mol. The number of hydrogen-bond acceptors (Lipinski definition) is 9. The van der Waals surface area contributed by atoms with Crippen molar-refractivity contribution in [2.75, 3.05) is 13.2 Å². The Kier molecular flexibility index (Phi) is 6.08. The van der Waals surface area contributed by atoms with Crippen molar-refractivity contribution < 1.29 is 29.8 Å². The Bertz CT molecular complexity index is 424. The van der Waals surface area contributed by atoms with Gasteiger partial charge < -0.3 is 19.6 Å². The summed E-state index contributed by atoms with van der Waals surface area (Å²) in [5.41, 5.74) is -1.08. The Labute approximate surface area is 133 Å². The van der Waals surface area contributed by atoms with E-state index in [1.54, 1.807) is 0 Å². The monoisotopic (exact) mass is 337 g/mol. The zero-order chi connectivity index (χ0) is 17.8. The van der Waals surface area contributed by atoms with Crippen LogP contribution in [0.2, 0.25) is 0 Å². The molecule has 0 aromatic rings. The van der Waals surface area contributed by atoms with Gasteiger partial charge in [0.15, 0.2) is 6.10 Å². The van der Waals surface area contributed by atoms with E-state index in [-0.39, 0.29) is 12.7 Å². The minimum absolute atomic E-state index is 0.225. The van der Waals surface area contributed by atoms with E-state index in [4.69, 9.17) is 4.74 Å². The van der Waals surface area contributed by atoms with Crippen molar-refractivity contribution in [1.82, 2.24) is 5.06 Å². The molecule has 1 fully saturated rings. The van der Waals surface area contributed by atoms with Gasteiger partial charge in [-0.25, -0.2) is 0 Å². The fourth-order valence-electron chi connectivity index (χ4n) is 2.91. The first kappa shape index (κ1) is 19.3. The summed E-state index contributed by atoms with van der Waals surface area (Å²) in [6.45, 7) is 6.59. The Morgan fingerprint density at radius 1 is 1.13 bits per heavy atom. The highest BCUT2D eigenvalue weighted by molar-refractivity contribution is 4.96. The lowest BCUT2D eigenvalue weighted by molar-refractivity contribution is -0.790. The van der Waals surface area contributed by atoms with Crippen molar-refractivity contribution in [2.24, 2.45) is 0 Å². The first-order valence-electron chi connectivity index (χ1n) is 7.13. The molecule has 1 aliphatic heterocycles. The van der Waals surface area contributed by atoms with Gasteiger partial charge in [0, 0.05) is 11.1 Å². The van der Waals surface area contributed by atoms with Crippen LogP contribution < -0.4 is 0 Å². The summed E-state index contributed by atoms with van der Waals surface area (Å²) in [5.74, 6) is 0. The minimum Gasteiger partial charge on any atom is -0.376 e. The molecular weight excluding hydrogens is 314 g/mol. The van der Waals surface area contributed by atoms with E-state index in [1.807, 2.05) is 27.7 Å². The average Bonchev–Trinajstić information content (AvgIpc) is 2.38. The Morgan fingerprint density at radius 2 is 1.65 bits per heavy atom. The van der Waals surface area contributed by atoms with Crippen LogP contribution in [0.15, 0.2) is 0 Å². The highest BCUT2D eigenvalue weighted by atomic mass is 17.0. The molecule has 1 aliphatic rings. The first-order chi connectivity index (χ1) is 10.4. The zero-order valence-electron chi connectivity index (χ0n) is 13.6. The van der Waals surface area contributed by atoms with Crippen molar-refractivity contribution in [3.8, 4) is 0 Å². The van der Waals surface area contributed by atoms with Crippen molar-refractivity contribution in [1.29, 1.82) is 0 Å². The van der Waals surface area contributed by atoms with Crippen LogP contribution in [0, 0.1) is 20.2 Å². The molecule has 11 heteroatoms. The van der Waals surface area contributed by atoms with E-state index in [0.29, 0.717) is 12.8 Å². The van der Waals surface area contributed by atoms with E-state index in [1.165, 1.54) is 5.06 Å². The summed E-state index contributed by atoms with van der Waals surface area (Å²) in [5, 5.41) is 30.0. The third-order valence-electron chi connectivity index (χ3n) is 3.72. The van der Waals surface area contributed by atoms with Gasteiger partial charge in [-0.05, 0) is 40.5 Å². The first-order valence-corrected chi connectivity index (χ1v) is 7.13. The molecule has 0 aliphatic carbocycles. The summed E-state index contributed by atoms with van der Waals surface area (Å²) < 4.78 is 5.63. The predicted octanol–water partition coefficient (Wildman–Crippen LogP) is 1.20. The molecule has 0 bridgehead atoms. The summed E-state index contributed by atoms with van der Waals surface area (Å²) >= 11 is 0. The van der Waals surface area contributed by atoms with E-state index >= 15 is 0 Å². The largest absolute Gasteiger partial charge is 0.376 e. The lowest BCUT2D eigenvalue weighted by Crippen LogP contribution is -2.60. The van der Waals surface area contributed by atoms with Gasteiger partial charge in [0.2, 0.25) is 0 Å². The average molecular weight is 337 g/mol. The van der Waals surface area contributed by atoms with Crippen LogP contribution in [0.3, 0.4) is 0 Å². The topological polar surface area (TPSA) is 137 Å². The number of piperidine rings is 1. The van der Waals surface area contributed by atoms with Crippen LogP contribution in [-0.4, -0.2) is 56.9 Å². The summed E-state index contributed by atoms with van der Waals surface area (Å²) in [4.78, 5) is 29.0. The molecule has 11 nitrogen and oxygen atoms in total. The summed E-state index contributed by atoms with van der Waals surface area (Å²) in [6.07, 6.45) is -0.492.